The quantitative estimate of drug-likeness (QED) is 0.856. The van der Waals surface area contributed by atoms with Gasteiger partial charge in [0, 0.05) is 18.6 Å². The molecule has 0 aromatic heterocycles. The van der Waals surface area contributed by atoms with Crippen molar-refractivity contribution in [1.82, 2.24) is 10.2 Å². The normalized spacial score (nSPS) is 35.7. The van der Waals surface area contributed by atoms with Gasteiger partial charge in [-0.3, -0.25) is 9.59 Å². The fourth-order valence-electron chi connectivity index (χ4n) is 3.64. The first-order valence-electron chi connectivity index (χ1n) is 7.85. The van der Waals surface area contributed by atoms with Gasteiger partial charge >= 0.3 is 0 Å². The molecule has 0 aromatic carbocycles. The number of rotatable bonds is 4. The number of carbonyl (C=O) groups is 2. The predicted molar refractivity (Wildman–Crippen MR) is 80.7 cm³/mol. The molecular formula is C16H28N2O3. The molecule has 1 heterocycles. The van der Waals surface area contributed by atoms with Gasteiger partial charge < -0.3 is 15.0 Å². The second-order valence-electron chi connectivity index (χ2n) is 7.41. The van der Waals surface area contributed by atoms with Gasteiger partial charge in [-0.05, 0) is 25.7 Å². The topological polar surface area (TPSA) is 58.6 Å². The molecular weight excluding hydrogens is 268 g/mol. The Morgan fingerprint density at radius 1 is 1.38 bits per heavy atom. The Bertz CT molecular complexity index is 433. The van der Waals surface area contributed by atoms with Crippen molar-refractivity contribution < 1.29 is 14.3 Å². The molecule has 1 N–H and O–H groups in total. The Labute approximate surface area is 127 Å². The molecule has 120 valence electrons. The first-order valence-corrected chi connectivity index (χ1v) is 7.85. The Hall–Kier alpha value is -1.10. The average molecular weight is 296 g/mol. The van der Waals surface area contributed by atoms with Gasteiger partial charge in [0.2, 0.25) is 11.8 Å². The van der Waals surface area contributed by atoms with E-state index in [0.29, 0.717) is 12.3 Å². The van der Waals surface area contributed by atoms with Crippen LogP contribution in [0.5, 0.6) is 0 Å². The van der Waals surface area contributed by atoms with Crippen LogP contribution >= 0.6 is 0 Å². The van der Waals surface area contributed by atoms with Crippen LogP contribution in [0.2, 0.25) is 0 Å². The van der Waals surface area contributed by atoms with Crippen LogP contribution in [0.4, 0.5) is 0 Å². The maximum atomic E-state index is 12.8. The van der Waals surface area contributed by atoms with Crippen molar-refractivity contribution >= 4 is 11.8 Å². The highest BCUT2D eigenvalue weighted by molar-refractivity contribution is 5.97. The van der Waals surface area contributed by atoms with Crippen LogP contribution in [0.1, 0.15) is 47.5 Å². The molecule has 1 saturated heterocycles. The lowest BCUT2D eigenvalue weighted by Gasteiger charge is -2.58. The summed E-state index contributed by atoms with van der Waals surface area (Å²) in [4.78, 5) is 26.8. The molecule has 0 aromatic rings. The third-order valence-corrected chi connectivity index (χ3v) is 5.12. The monoisotopic (exact) mass is 296 g/mol. The number of amides is 2. The smallest absolute Gasteiger partial charge is 0.246 e. The molecule has 0 spiro atoms. The fraction of sp³-hybridized carbons (Fsp3) is 0.875. The van der Waals surface area contributed by atoms with Crippen molar-refractivity contribution in [1.29, 1.82) is 0 Å². The second-order valence-corrected chi connectivity index (χ2v) is 7.41. The van der Waals surface area contributed by atoms with Crippen LogP contribution in [-0.4, -0.2) is 48.1 Å². The molecule has 4 unspecified atom stereocenters. The number of ether oxygens (including phenoxy) is 1. The highest BCUT2D eigenvalue weighted by Crippen LogP contribution is 2.46. The summed E-state index contributed by atoms with van der Waals surface area (Å²) in [6.07, 6.45) is 1.65. The summed E-state index contributed by atoms with van der Waals surface area (Å²) in [5, 5.41) is 2.87. The molecule has 5 heteroatoms. The molecule has 5 nitrogen and oxygen atoms in total. The van der Waals surface area contributed by atoms with Crippen molar-refractivity contribution in [2.24, 2.45) is 11.3 Å². The van der Waals surface area contributed by atoms with Crippen LogP contribution in [-0.2, 0) is 14.3 Å². The van der Waals surface area contributed by atoms with E-state index in [1.54, 1.807) is 12.0 Å². The molecule has 0 bridgehead atoms. The molecule has 1 aliphatic carbocycles. The molecule has 1 saturated carbocycles. The summed E-state index contributed by atoms with van der Waals surface area (Å²) < 4.78 is 5.47. The van der Waals surface area contributed by atoms with E-state index < -0.39 is 6.04 Å². The molecule has 2 amide bonds. The zero-order valence-electron chi connectivity index (χ0n) is 14.0. The van der Waals surface area contributed by atoms with E-state index in [0.717, 1.165) is 6.42 Å². The van der Waals surface area contributed by atoms with Crippen LogP contribution in [0.25, 0.3) is 0 Å². The zero-order chi connectivity index (χ0) is 15.9. The summed E-state index contributed by atoms with van der Waals surface area (Å²) >= 11 is 0. The van der Waals surface area contributed by atoms with Crippen molar-refractivity contribution in [3.8, 4) is 0 Å². The first-order chi connectivity index (χ1) is 9.70. The summed E-state index contributed by atoms with van der Waals surface area (Å²) in [5.74, 6) is 0.385. The van der Waals surface area contributed by atoms with Crippen LogP contribution in [0.3, 0.4) is 0 Å². The Morgan fingerprint density at radius 2 is 2.00 bits per heavy atom. The zero-order valence-corrected chi connectivity index (χ0v) is 14.0. The lowest BCUT2D eigenvalue weighted by atomic mass is 9.63. The molecule has 2 fully saturated rings. The molecule has 21 heavy (non-hydrogen) atoms. The first kappa shape index (κ1) is 16.3. The molecule has 2 aliphatic rings. The minimum atomic E-state index is -0.400. The number of carbonyl (C=O) groups excluding carboxylic acids is 2. The standard InChI is InChI=1S/C16H28N2O3/c1-9(2)7-11-15(20)18(10(3)14(19)17-11)12-8-13(21-6)16(12,4)5/h9-13H,7-8H2,1-6H3,(H,17,19). The minimum Gasteiger partial charge on any atom is -0.381 e. The van der Waals surface area contributed by atoms with Crippen molar-refractivity contribution in [3.05, 3.63) is 0 Å². The van der Waals surface area contributed by atoms with Gasteiger partial charge in [-0.25, -0.2) is 0 Å². The van der Waals surface area contributed by atoms with E-state index in [4.69, 9.17) is 4.74 Å². The van der Waals surface area contributed by atoms with Crippen LogP contribution in [0.15, 0.2) is 0 Å². The van der Waals surface area contributed by atoms with Gasteiger partial charge in [-0.15, -0.1) is 0 Å². The van der Waals surface area contributed by atoms with Crippen LogP contribution < -0.4 is 5.32 Å². The van der Waals surface area contributed by atoms with Gasteiger partial charge in [0.1, 0.15) is 12.1 Å². The summed E-state index contributed by atoms with van der Waals surface area (Å²) in [6.45, 7) is 10.2. The van der Waals surface area contributed by atoms with Gasteiger partial charge in [-0.1, -0.05) is 27.7 Å². The third-order valence-electron chi connectivity index (χ3n) is 5.12. The second kappa shape index (κ2) is 5.59. The number of hydrogen-bond acceptors (Lipinski definition) is 3. The van der Waals surface area contributed by atoms with E-state index >= 15 is 0 Å². The highest BCUT2D eigenvalue weighted by Gasteiger charge is 2.56. The lowest BCUT2D eigenvalue weighted by Crippen LogP contribution is -2.72. The third kappa shape index (κ3) is 2.68. The van der Waals surface area contributed by atoms with Gasteiger partial charge in [0.25, 0.3) is 0 Å². The average Bonchev–Trinajstić information content (AvgIpc) is 2.38. The molecule has 2 rings (SSSR count). The number of piperazine rings is 1. The Balaban J connectivity index is 2.20. The van der Waals surface area contributed by atoms with Gasteiger partial charge in [0.05, 0.1) is 6.10 Å². The number of nitrogens with zero attached hydrogens (tertiary/aromatic N) is 1. The molecule has 1 aliphatic heterocycles. The van der Waals surface area contributed by atoms with Crippen molar-refractivity contribution in [2.45, 2.75) is 71.7 Å². The number of hydrogen-bond donors (Lipinski definition) is 1. The number of methoxy groups -OCH3 is 1. The fourth-order valence-corrected chi connectivity index (χ4v) is 3.64. The largest absolute Gasteiger partial charge is 0.381 e. The highest BCUT2D eigenvalue weighted by atomic mass is 16.5. The van der Waals surface area contributed by atoms with E-state index in [1.807, 2.05) is 6.92 Å². The number of nitrogens with one attached hydrogen (secondary N) is 1. The van der Waals surface area contributed by atoms with Crippen molar-refractivity contribution in [3.63, 3.8) is 0 Å². The van der Waals surface area contributed by atoms with E-state index in [-0.39, 0.29) is 35.4 Å². The van der Waals surface area contributed by atoms with E-state index in [2.05, 4.69) is 33.0 Å². The van der Waals surface area contributed by atoms with Crippen LogP contribution in [0, 0.1) is 11.3 Å². The van der Waals surface area contributed by atoms with Crippen molar-refractivity contribution in [2.75, 3.05) is 7.11 Å². The maximum absolute atomic E-state index is 12.8. The van der Waals surface area contributed by atoms with E-state index in [9.17, 15) is 9.59 Å². The minimum absolute atomic E-state index is 0.0445. The van der Waals surface area contributed by atoms with Gasteiger partial charge in [0.15, 0.2) is 0 Å². The molecule has 0 radical (unpaired) electrons. The van der Waals surface area contributed by atoms with Gasteiger partial charge in [-0.2, -0.15) is 0 Å². The SMILES string of the molecule is COC1CC(N2C(=O)C(CC(C)C)NC(=O)C2C)C1(C)C. The Morgan fingerprint density at radius 3 is 2.48 bits per heavy atom. The molecule has 4 atom stereocenters. The summed E-state index contributed by atoms with van der Waals surface area (Å²) in [6, 6.07) is -0.709. The predicted octanol–water partition coefficient (Wildman–Crippen LogP) is 1.56. The summed E-state index contributed by atoms with van der Waals surface area (Å²) in [5.41, 5.74) is -0.112. The summed E-state index contributed by atoms with van der Waals surface area (Å²) in [7, 11) is 1.71. The van der Waals surface area contributed by atoms with E-state index in [1.165, 1.54) is 0 Å². The maximum Gasteiger partial charge on any atom is 0.246 e. The Kier molecular flexibility index (Phi) is 4.34. The lowest BCUT2D eigenvalue weighted by molar-refractivity contribution is -0.177.